The van der Waals surface area contributed by atoms with Crippen LogP contribution in [0.1, 0.15) is 18.2 Å². The van der Waals surface area contributed by atoms with E-state index in [1.165, 1.54) is 7.05 Å². The number of rotatable bonds is 5. The molecule has 2 aromatic rings. The van der Waals surface area contributed by atoms with Crippen molar-refractivity contribution in [2.24, 2.45) is 7.05 Å². The molecule has 0 unspecified atom stereocenters. The van der Waals surface area contributed by atoms with E-state index >= 15 is 0 Å². The molecule has 0 aliphatic carbocycles. The van der Waals surface area contributed by atoms with Crippen molar-refractivity contribution in [1.82, 2.24) is 14.8 Å². The number of alkyl halides is 3. The molecule has 0 fully saturated rings. The average Bonchev–Trinajstić information content (AvgIpc) is 2.81. The SMILES string of the molecule is C=CC(=C(C)F)c1nn(C)c2nc(OCC(=O)O)cc(C(F)(F)F)c12. The van der Waals surface area contributed by atoms with E-state index in [1.807, 2.05) is 0 Å². The Balaban J connectivity index is 2.83. The van der Waals surface area contributed by atoms with Gasteiger partial charge in [0, 0.05) is 18.7 Å². The zero-order chi connectivity index (χ0) is 18.9. The topological polar surface area (TPSA) is 77.2 Å². The number of carboxylic acid groups (broad SMARTS) is 1. The van der Waals surface area contributed by atoms with Crippen molar-refractivity contribution in [1.29, 1.82) is 0 Å². The minimum Gasteiger partial charge on any atom is -0.479 e. The number of carboxylic acids is 1. The molecule has 0 saturated heterocycles. The predicted octanol–water partition coefficient (Wildman–Crippen LogP) is 3.34. The smallest absolute Gasteiger partial charge is 0.417 e. The van der Waals surface area contributed by atoms with E-state index in [4.69, 9.17) is 9.84 Å². The molecule has 10 heteroatoms. The first-order chi connectivity index (χ1) is 11.6. The predicted molar refractivity (Wildman–Crippen MR) is 80.5 cm³/mol. The fourth-order valence-corrected chi connectivity index (χ4v) is 2.25. The molecule has 0 amide bonds. The van der Waals surface area contributed by atoms with Crippen molar-refractivity contribution < 1.29 is 32.2 Å². The highest BCUT2D eigenvalue weighted by Gasteiger charge is 2.36. The first kappa shape index (κ1) is 18.4. The Morgan fingerprint density at radius 1 is 1.48 bits per heavy atom. The molecule has 0 aliphatic heterocycles. The van der Waals surface area contributed by atoms with Gasteiger partial charge in [-0.2, -0.15) is 23.3 Å². The van der Waals surface area contributed by atoms with Crippen LogP contribution in [-0.2, 0) is 18.0 Å². The number of hydrogen-bond donors (Lipinski definition) is 1. The highest BCUT2D eigenvalue weighted by atomic mass is 19.4. The first-order valence-electron chi connectivity index (χ1n) is 6.85. The van der Waals surface area contributed by atoms with Crippen molar-refractivity contribution in [3.63, 3.8) is 0 Å². The Morgan fingerprint density at radius 2 is 2.12 bits per heavy atom. The molecule has 0 radical (unpaired) electrons. The van der Waals surface area contributed by atoms with Gasteiger partial charge in [0.25, 0.3) is 0 Å². The van der Waals surface area contributed by atoms with Crippen LogP contribution in [0.4, 0.5) is 17.6 Å². The van der Waals surface area contributed by atoms with Crippen LogP contribution in [0.25, 0.3) is 16.6 Å². The lowest BCUT2D eigenvalue weighted by Crippen LogP contribution is -2.13. The lowest BCUT2D eigenvalue weighted by Gasteiger charge is -2.11. The molecule has 2 rings (SSSR count). The number of pyridine rings is 1. The summed E-state index contributed by atoms with van der Waals surface area (Å²) >= 11 is 0. The second-order valence-corrected chi connectivity index (χ2v) is 5.01. The van der Waals surface area contributed by atoms with Gasteiger partial charge < -0.3 is 9.84 Å². The quantitative estimate of drug-likeness (QED) is 0.654. The zero-order valence-corrected chi connectivity index (χ0v) is 13.2. The number of nitrogens with zero attached hydrogens (tertiary/aromatic N) is 3. The number of aromatic nitrogens is 3. The van der Waals surface area contributed by atoms with Gasteiger partial charge in [-0.05, 0) is 6.92 Å². The second-order valence-electron chi connectivity index (χ2n) is 5.01. The fraction of sp³-hybridized carbons (Fsp3) is 0.267. The van der Waals surface area contributed by atoms with Gasteiger partial charge >= 0.3 is 12.1 Å². The summed E-state index contributed by atoms with van der Waals surface area (Å²) in [6, 6.07) is 0.560. The van der Waals surface area contributed by atoms with E-state index < -0.39 is 41.4 Å². The molecule has 0 aromatic carbocycles. The summed E-state index contributed by atoms with van der Waals surface area (Å²) in [7, 11) is 1.33. The molecule has 2 heterocycles. The lowest BCUT2D eigenvalue weighted by atomic mass is 10.0. The Morgan fingerprint density at radius 3 is 2.60 bits per heavy atom. The molecular weight excluding hydrogens is 346 g/mol. The highest BCUT2D eigenvalue weighted by Crippen LogP contribution is 2.40. The van der Waals surface area contributed by atoms with Crippen molar-refractivity contribution in [2.75, 3.05) is 6.61 Å². The largest absolute Gasteiger partial charge is 0.479 e. The Hall–Kier alpha value is -2.91. The number of hydrogen-bond acceptors (Lipinski definition) is 4. The van der Waals surface area contributed by atoms with E-state index in [0.29, 0.717) is 6.07 Å². The van der Waals surface area contributed by atoms with Crippen LogP contribution in [0.2, 0.25) is 0 Å². The minimum atomic E-state index is -4.82. The van der Waals surface area contributed by atoms with Gasteiger partial charge in [-0.25, -0.2) is 13.9 Å². The van der Waals surface area contributed by atoms with E-state index in [-0.39, 0.29) is 16.9 Å². The van der Waals surface area contributed by atoms with E-state index in [0.717, 1.165) is 17.7 Å². The number of aliphatic carboxylic acids is 1. The maximum Gasteiger partial charge on any atom is 0.417 e. The van der Waals surface area contributed by atoms with Crippen LogP contribution in [-0.4, -0.2) is 32.4 Å². The third kappa shape index (κ3) is 3.62. The molecule has 25 heavy (non-hydrogen) atoms. The molecule has 1 N–H and O–H groups in total. The number of aryl methyl sites for hydroxylation is 1. The van der Waals surface area contributed by atoms with Gasteiger partial charge in [0.05, 0.1) is 10.9 Å². The van der Waals surface area contributed by atoms with Crippen LogP contribution in [0.15, 0.2) is 24.5 Å². The number of ether oxygens (including phenoxy) is 1. The van der Waals surface area contributed by atoms with Crippen molar-refractivity contribution in [3.8, 4) is 5.88 Å². The molecule has 0 bridgehead atoms. The monoisotopic (exact) mass is 359 g/mol. The van der Waals surface area contributed by atoms with Crippen molar-refractivity contribution in [2.45, 2.75) is 13.1 Å². The highest BCUT2D eigenvalue weighted by molar-refractivity contribution is 5.94. The summed E-state index contributed by atoms with van der Waals surface area (Å²) in [4.78, 5) is 14.4. The molecule has 2 aromatic heterocycles. The first-order valence-corrected chi connectivity index (χ1v) is 6.85. The Bertz CT molecular complexity index is 880. The fourth-order valence-electron chi connectivity index (χ4n) is 2.25. The summed E-state index contributed by atoms with van der Waals surface area (Å²) in [5.74, 6) is -2.65. The Labute approximate surface area is 139 Å². The molecule has 0 saturated carbocycles. The number of allylic oxidation sites excluding steroid dienone is 3. The minimum absolute atomic E-state index is 0.197. The molecule has 0 spiro atoms. The van der Waals surface area contributed by atoms with Gasteiger partial charge in [-0.15, -0.1) is 0 Å². The van der Waals surface area contributed by atoms with E-state index in [9.17, 15) is 22.4 Å². The van der Waals surface area contributed by atoms with E-state index in [2.05, 4.69) is 16.7 Å². The number of halogens is 4. The summed E-state index contributed by atoms with van der Waals surface area (Å²) in [6.07, 6.45) is -3.76. The van der Waals surface area contributed by atoms with Crippen LogP contribution in [0.3, 0.4) is 0 Å². The van der Waals surface area contributed by atoms with Crippen LogP contribution < -0.4 is 4.74 Å². The van der Waals surface area contributed by atoms with Gasteiger partial charge in [0.2, 0.25) is 5.88 Å². The molecule has 0 aliphatic rings. The summed E-state index contributed by atoms with van der Waals surface area (Å²) < 4.78 is 59.9. The third-order valence-electron chi connectivity index (χ3n) is 3.25. The van der Waals surface area contributed by atoms with Gasteiger partial charge in [-0.3, -0.25) is 0 Å². The number of fused-ring (bicyclic) bond motifs is 1. The Kier molecular flexibility index (Phi) is 4.82. The second kappa shape index (κ2) is 6.54. The summed E-state index contributed by atoms with van der Waals surface area (Å²) in [5, 5.41) is 12.1. The van der Waals surface area contributed by atoms with Gasteiger partial charge in [-0.1, -0.05) is 12.7 Å². The van der Waals surface area contributed by atoms with Crippen LogP contribution in [0.5, 0.6) is 5.88 Å². The molecular formula is C15H13F4N3O3. The zero-order valence-electron chi connectivity index (χ0n) is 13.2. The lowest BCUT2D eigenvalue weighted by molar-refractivity contribution is -0.139. The average molecular weight is 359 g/mol. The van der Waals surface area contributed by atoms with Crippen LogP contribution >= 0.6 is 0 Å². The maximum absolute atomic E-state index is 13.7. The standard InChI is InChI=1S/C15H13F4N3O3/c1-4-8(7(2)16)13-12-9(15(17,18)19)5-10(25-6-11(23)24)20-14(12)22(3)21-13/h4-5H,1,6H2,2-3H3,(H,23,24). The third-order valence-corrected chi connectivity index (χ3v) is 3.25. The summed E-state index contributed by atoms with van der Waals surface area (Å²) in [6.45, 7) is 3.61. The van der Waals surface area contributed by atoms with Gasteiger partial charge in [0.1, 0.15) is 11.5 Å². The molecule has 6 nitrogen and oxygen atoms in total. The van der Waals surface area contributed by atoms with Gasteiger partial charge in [0.15, 0.2) is 12.3 Å². The normalized spacial score (nSPS) is 12.9. The molecule has 0 atom stereocenters. The van der Waals surface area contributed by atoms with Crippen molar-refractivity contribution in [3.05, 3.63) is 35.8 Å². The van der Waals surface area contributed by atoms with Crippen molar-refractivity contribution >= 4 is 22.6 Å². The summed E-state index contributed by atoms with van der Waals surface area (Å²) in [5.41, 5.74) is -1.86. The van der Waals surface area contributed by atoms with Crippen LogP contribution in [0, 0.1) is 0 Å². The molecule has 134 valence electrons. The maximum atomic E-state index is 13.7. The van der Waals surface area contributed by atoms with E-state index in [1.54, 1.807) is 0 Å². The number of carbonyl (C=O) groups is 1.